The standard InChI is InChI=1S/C25H24N8OS/c1-17-13-31(25-23(26-16-35-25)24-27-19-9-5-6-10-20(19)28-24)11-12-33(17)22(34)15-32-14-21(29-30-32)18-7-3-2-4-8-18/h2-10,14,16-17H,11-13,15H2,1H3,(H,27,28)/t17-/m1/s1. The lowest BCUT2D eigenvalue weighted by Gasteiger charge is -2.40. The summed E-state index contributed by atoms with van der Waals surface area (Å²) in [7, 11) is 0. The van der Waals surface area contributed by atoms with Gasteiger partial charge in [0.1, 0.15) is 22.9 Å². The summed E-state index contributed by atoms with van der Waals surface area (Å²) in [5.41, 5.74) is 6.38. The van der Waals surface area contributed by atoms with Crippen molar-refractivity contribution in [2.45, 2.75) is 19.5 Å². The van der Waals surface area contributed by atoms with Crippen molar-refractivity contribution in [3.63, 3.8) is 0 Å². The fourth-order valence-corrected chi connectivity index (χ4v) is 5.38. The second-order valence-electron chi connectivity index (χ2n) is 8.66. The average molecular weight is 485 g/mol. The Morgan fingerprint density at radius 2 is 1.94 bits per heavy atom. The number of nitrogens with zero attached hydrogens (tertiary/aromatic N) is 7. The molecule has 1 aliphatic rings. The second-order valence-corrected chi connectivity index (χ2v) is 9.49. The Kier molecular flexibility index (Phi) is 5.49. The van der Waals surface area contributed by atoms with Crippen LogP contribution in [0.5, 0.6) is 0 Å². The number of aromatic nitrogens is 6. The molecule has 1 fully saturated rings. The van der Waals surface area contributed by atoms with Gasteiger partial charge in [-0.2, -0.15) is 0 Å². The van der Waals surface area contributed by atoms with Crippen LogP contribution in [-0.4, -0.2) is 66.4 Å². The summed E-state index contributed by atoms with van der Waals surface area (Å²) in [6, 6.07) is 17.9. The molecule has 6 rings (SSSR count). The van der Waals surface area contributed by atoms with Crippen molar-refractivity contribution in [3.05, 3.63) is 66.3 Å². The molecule has 0 bridgehead atoms. The molecule has 5 aromatic rings. The molecule has 1 atom stereocenters. The van der Waals surface area contributed by atoms with Gasteiger partial charge in [-0.05, 0) is 19.1 Å². The molecule has 0 aliphatic carbocycles. The number of nitrogens with one attached hydrogen (secondary N) is 1. The smallest absolute Gasteiger partial charge is 0.244 e. The van der Waals surface area contributed by atoms with E-state index >= 15 is 0 Å². The van der Waals surface area contributed by atoms with Gasteiger partial charge in [0.2, 0.25) is 5.91 Å². The minimum absolute atomic E-state index is 0.0449. The van der Waals surface area contributed by atoms with Gasteiger partial charge >= 0.3 is 0 Å². The van der Waals surface area contributed by atoms with E-state index in [2.05, 4.69) is 32.1 Å². The summed E-state index contributed by atoms with van der Waals surface area (Å²) < 4.78 is 1.62. The molecule has 0 saturated carbocycles. The van der Waals surface area contributed by atoms with Crippen LogP contribution in [-0.2, 0) is 11.3 Å². The Morgan fingerprint density at radius 3 is 2.77 bits per heavy atom. The van der Waals surface area contributed by atoms with Crippen molar-refractivity contribution in [2.75, 3.05) is 24.5 Å². The number of piperazine rings is 1. The summed E-state index contributed by atoms with van der Waals surface area (Å²) in [5.74, 6) is 0.817. The number of para-hydroxylation sites is 2. The molecular formula is C25H24N8OS. The zero-order chi connectivity index (χ0) is 23.8. The molecule has 1 aliphatic heterocycles. The van der Waals surface area contributed by atoms with Crippen molar-refractivity contribution < 1.29 is 4.79 Å². The highest BCUT2D eigenvalue weighted by Gasteiger charge is 2.30. The first-order chi connectivity index (χ1) is 17.2. The number of H-pyrrole nitrogens is 1. The van der Waals surface area contributed by atoms with Crippen molar-refractivity contribution in [1.29, 1.82) is 0 Å². The van der Waals surface area contributed by atoms with Crippen molar-refractivity contribution in [2.24, 2.45) is 0 Å². The van der Waals surface area contributed by atoms with Crippen LogP contribution in [0, 0.1) is 0 Å². The molecule has 1 N–H and O–H groups in total. The van der Waals surface area contributed by atoms with Crippen LogP contribution in [0.1, 0.15) is 6.92 Å². The van der Waals surface area contributed by atoms with Gasteiger partial charge in [0.15, 0.2) is 5.82 Å². The highest BCUT2D eigenvalue weighted by atomic mass is 32.1. The fourth-order valence-electron chi connectivity index (χ4n) is 4.55. The van der Waals surface area contributed by atoms with E-state index in [1.807, 2.05) is 71.2 Å². The number of aromatic amines is 1. The van der Waals surface area contributed by atoms with E-state index in [0.29, 0.717) is 6.54 Å². The number of rotatable bonds is 5. The van der Waals surface area contributed by atoms with Gasteiger partial charge in [-0.1, -0.05) is 47.7 Å². The van der Waals surface area contributed by atoms with Gasteiger partial charge in [0.05, 0.1) is 22.7 Å². The van der Waals surface area contributed by atoms with Gasteiger partial charge in [-0.25, -0.2) is 14.6 Å². The Labute approximate surface area is 206 Å². The molecule has 4 heterocycles. The van der Waals surface area contributed by atoms with Gasteiger partial charge in [0.25, 0.3) is 0 Å². The second kappa shape index (κ2) is 8.95. The van der Waals surface area contributed by atoms with E-state index in [1.54, 1.807) is 16.0 Å². The molecule has 3 aromatic heterocycles. The third-order valence-electron chi connectivity index (χ3n) is 6.30. The SMILES string of the molecule is C[C@@H]1CN(c2scnc2-c2nc3ccccc3[nH]2)CCN1C(=O)Cn1cc(-c2ccccc2)nn1. The molecule has 0 radical (unpaired) electrons. The normalized spacial score (nSPS) is 16.2. The van der Waals surface area contributed by atoms with E-state index in [-0.39, 0.29) is 18.5 Å². The van der Waals surface area contributed by atoms with Crippen LogP contribution in [0.3, 0.4) is 0 Å². The number of benzene rings is 2. The number of thiazole rings is 1. The molecule has 1 amide bonds. The lowest BCUT2D eigenvalue weighted by atomic mass is 10.2. The van der Waals surface area contributed by atoms with Gasteiger partial charge < -0.3 is 14.8 Å². The summed E-state index contributed by atoms with van der Waals surface area (Å²) >= 11 is 1.60. The lowest BCUT2D eigenvalue weighted by molar-refractivity contribution is -0.134. The minimum Gasteiger partial charge on any atom is -0.358 e. The lowest BCUT2D eigenvalue weighted by Crippen LogP contribution is -2.54. The van der Waals surface area contributed by atoms with Gasteiger partial charge in [-0.15, -0.1) is 16.4 Å². The molecule has 10 heteroatoms. The van der Waals surface area contributed by atoms with Gasteiger partial charge in [0, 0.05) is 31.2 Å². The van der Waals surface area contributed by atoms with E-state index in [4.69, 9.17) is 4.98 Å². The quantitative estimate of drug-likeness (QED) is 0.409. The first-order valence-corrected chi connectivity index (χ1v) is 12.4. The Hall–Kier alpha value is -4.05. The maximum Gasteiger partial charge on any atom is 0.244 e. The molecule has 176 valence electrons. The molecule has 2 aromatic carbocycles. The maximum atomic E-state index is 13.1. The number of imidazole rings is 1. The monoisotopic (exact) mass is 484 g/mol. The Balaban J connectivity index is 1.14. The molecule has 9 nitrogen and oxygen atoms in total. The summed E-state index contributed by atoms with van der Waals surface area (Å²) in [6.45, 7) is 4.36. The molecule has 35 heavy (non-hydrogen) atoms. The zero-order valence-corrected chi connectivity index (χ0v) is 20.0. The van der Waals surface area contributed by atoms with Crippen LogP contribution in [0.15, 0.2) is 66.3 Å². The number of carbonyl (C=O) groups excluding carboxylic acids is 1. The summed E-state index contributed by atoms with van der Waals surface area (Å²) in [6.07, 6.45) is 1.82. The maximum absolute atomic E-state index is 13.1. The number of fused-ring (bicyclic) bond motifs is 1. The highest BCUT2D eigenvalue weighted by molar-refractivity contribution is 7.14. The third kappa shape index (κ3) is 4.17. The van der Waals surface area contributed by atoms with E-state index in [9.17, 15) is 4.79 Å². The van der Waals surface area contributed by atoms with Crippen LogP contribution < -0.4 is 4.90 Å². The topological polar surface area (TPSA) is 95.8 Å². The van der Waals surface area contributed by atoms with Crippen molar-refractivity contribution >= 4 is 33.3 Å². The first kappa shape index (κ1) is 21.5. The summed E-state index contributed by atoms with van der Waals surface area (Å²) in [4.78, 5) is 30.0. The predicted octanol–water partition coefficient (Wildman–Crippen LogP) is 3.68. The predicted molar refractivity (Wildman–Crippen MR) is 136 cm³/mol. The zero-order valence-electron chi connectivity index (χ0n) is 19.2. The van der Waals surface area contributed by atoms with Crippen LogP contribution >= 0.6 is 11.3 Å². The largest absolute Gasteiger partial charge is 0.358 e. The Morgan fingerprint density at radius 1 is 1.11 bits per heavy atom. The number of anilines is 1. The van der Waals surface area contributed by atoms with Crippen LogP contribution in [0.2, 0.25) is 0 Å². The fraction of sp³-hybridized carbons (Fsp3) is 0.240. The molecule has 0 spiro atoms. The summed E-state index contributed by atoms with van der Waals surface area (Å²) in [5, 5.41) is 9.46. The van der Waals surface area contributed by atoms with Crippen LogP contribution in [0.4, 0.5) is 5.00 Å². The van der Waals surface area contributed by atoms with Gasteiger partial charge in [-0.3, -0.25) is 4.79 Å². The number of amides is 1. The first-order valence-electron chi connectivity index (χ1n) is 11.5. The number of hydrogen-bond donors (Lipinski definition) is 1. The molecule has 0 unspecified atom stereocenters. The van der Waals surface area contributed by atoms with E-state index in [1.165, 1.54) is 0 Å². The Bertz CT molecular complexity index is 1440. The number of carbonyl (C=O) groups is 1. The van der Waals surface area contributed by atoms with Crippen LogP contribution in [0.25, 0.3) is 33.8 Å². The highest BCUT2D eigenvalue weighted by Crippen LogP contribution is 2.34. The van der Waals surface area contributed by atoms with Crippen molar-refractivity contribution in [1.82, 2.24) is 34.8 Å². The van der Waals surface area contributed by atoms with Crippen molar-refractivity contribution in [3.8, 4) is 22.8 Å². The van der Waals surface area contributed by atoms with E-state index in [0.717, 1.165) is 51.9 Å². The minimum atomic E-state index is 0.0449. The molecular weight excluding hydrogens is 460 g/mol. The van der Waals surface area contributed by atoms with E-state index < -0.39 is 0 Å². The number of hydrogen-bond acceptors (Lipinski definition) is 7. The third-order valence-corrected chi connectivity index (χ3v) is 7.19. The average Bonchev–Trinajstić information content (AvgIpc) is 3.63. The molecule has 1 saturated heterocycles.